The highest BCUT2D eigenvalue weighted by Crippen LogP contribution is 2.26. The molecule has 0 aliphatic carbocycles. The molecule has 2 aromatic rings. The van der Waals surface area contributed by atoms with Crippen molar-refractivity contribution in [1.82, 2.24) is 0 Å². The number of carbonyl (C=O) groups excluding carboxylic acids is 1. The number of benzene rings is 2. The molecule has 0 heterocycles. The van der Waals surface area contributed by atoms with Gasteiger partial charge in [0.15, 0.2) is 5.78 Å². The minimum Gasteiger partial charge on any atom is -0.496 e. The summed E-state index contributed by atoms with van der Waals surface area (Å²) in [7, 11) is 1.51. The molecule has 0 unspecified atom stereocenters. The quantitative estimate of drug-likeness (QED) is 0.743. The van der Waals surface area contributed by atoms with Crippen LogP contribution in [0.2, 0.25) is 5.02 Å². The van der Waals surface area contributed by atoms with Crippen LogP contribution in [-0.4, -0.2) is 12.9 Å². The first-order chi connectivity index (χ1) is 9.52. The fourth-order valence-electron chi connectivity index (χ4n) is 1.91. The SMILES string of the molecule is COc1ccc(Cl)cc1CC(=O)c1c(F)cccc1Br. The maximum atomic E-state index is 13.8. The van der Waals surface area contributed by atoms with Gasteiger partial charge in [0.25, 0.3) is 0 Å². The molecule has 0 fully saturated rings. The third-order valence-corrected chi connectivity index (χ3v) is 3.73. The minimum atomic E-state index is -0.551. The van der Waals surface area contributed by atoms with Crippen molar-refractivity contribution < 1.29 is 13.9 Å². The molecule has 0 radical (unpaired) electrons. The van der Waals surface area contributed by atoms with E-state index in [2.05, 4.69) is 15.9 Å². The van der Waals surface area contributed by atoms with E-state index in [1.165, 1.54) is 19.2 Å². The maximum Gasteiger partial charge on any atom is 0.171 e. The van der Waals surface area contributed by atoms with Crippen LogP contribution in [0.25, 0.3) is 0 Å². The number of ketones is 1. The Morgan fingerprint density at radius 1 is 1.35 bits per heavy atom. The average Bonchev–Trinajstić information content (AvgIpc) is 2.38. The molecule has 0 saturated heterocycles. The van der Waals surface area contributed by atoms with Crippen molar-refractivity contribution in [3.8, 4) is 5.75 Å². The zero-order valence-electron chi connectivity index (χ0n) is 10.6. The third kappa shape index (κ3) is 3.19. The van der Waals surface area contributed by atoms with Crippen molar-refractivity contribution in [2.75, 3.05) is 7.11 Å². The molecule has 0 bridgehead atoms. The summed E-state index contributed by atoms with van der Waals surface area (Å²) in [5.41, 5.74) is 0.662. The molecule has 0 amide bonds. The molecule has 0 aliphatic rings. The Balaban J connectivity index is 2.35. The Bertz CT molecular complexity index is 638. The van der Waals surface area contributed by atoms with Crippen LogP contribution in [0, 0.1) is 5.82 Å². The number of Topliss-reactive ketones (excluding diaryl/α,β-unsaturated/α-hetero) is 1. The highest BCUT2D eigenvalue weighted by molar-refractivity contribution is 9.10. The lowest BCUT2D eigenvalue weighted by Crippen LogP contribution is -2.08. The third-order valence-electron chi connectivity index (χ3n) is 2.84. The first-order valence-corrected chi connectivity index (χ1v) is 6.99. The molecule has 104 valence electrons. The van der Waals surface area contributed by atoms with E-state index in [-0.39, 0.29) is 17.8 Å². The molecule has 2 nitrogen and oxygen atoms in total. The molecular formula is C15H11BrClFO2. The van der Waals surface area contributed by atoms with E-state index in [4.69, 9.17) is 16.3 Å². The number of carbonyl (C=O) groups is 1. The topological polar surface area (TPSA) is 26.3 Å². The van der Waals surface area contributed by atoms with Gasteiger partial charge in [0.1, 0.15) is 11.6 Å². The van der Waals surface area contributed by atoms with Crippen LogP contribution in [0.4, 0.5) is 4.39 Å². The van der Waals surface area contributed by atoms with Crippen molar-refractivity contribution in [3.63, 3.8) is 0 Å². The summed E-state index contributed by atoms with van der Waals surface area (Å²) >= 11 is 9.11. The summed E-state index contributed by atoms with van der Waals surface area (Å²) in [5.74, 6) is -0.337. The second-order valence-electron chi connectivity index (χ2n) is 4.15. The predicted molar refractivity (Wildman–Crippen MR) is 80.1 cm³/mol. The van der Waals surface area contributed by atoms with Crippen LogP contribution in [0.3, 0.4) is 0 Å². The first kappa shape index (κ1) is 15.0. The van der Waals surface area contributed by atoms with Crippen LogP contribution in [0.5, 0.6) is 5.75 Å². The van der Waals surface area contributed by atoms with Crippen LogP contribution in [-0.2, 0) is 6.42 Å². The Hall–Kier alpha value is -1.39. The van der Waals surface area contributed by atoms with Gasteiger partial charge in [-0.05, 0) is 46.3 Å². The number of hydrogen-bond acceptors (Lipinski definition) is 2. The van der Waals surface area contributed by atoms with Crippen molar-refractivity contribution in [1.29, 1.82) is 0 Å². The predicted octanol–water partition coefficient (Wildman–Crippen LogP) is 4.68. The van der Waals surface area contributed by atoms with E-state index in [0.717, 1.165) is 0 Å². The number of hydrogen-bond donors (Lipinski definition) is 0. The highest BCUT2D eigenvalue weighted by atomic mass is 79.9. The van der Waals surface area contributed by atoms with Gasteiger partial charge in [0, 0.05) is 21.5 Å². The molecule has 20 heavy (non-hydrogen) atoms. The van der Waals surface area contributed by atoms with Crippen molar-refractivity contribution in [2.45, 2.75) is 6.42 Å². The molecule has 0 atom stereocenters. The van der Waals surface area contributed by atoms with Gasteiger partial charge < -0.3 is 4.74 Å². The van der Waals surface area contributed by atoms with Crippen molar-refractivity contribution >= 4 is 33.3 Å². The molecule has 0 N–H and O–H groups in total. The smallest absolute Gasteiger partial charge is 0.171 e. The number of methoxy groups -OCH3 is 1. The van der Waals surface area contributed by atoms with Gasteiger partial charge in [0.2, 0.25) is 0 Å². The van der Waals surface area contributed by atoms with Crippen molar-refractivity contribution in [3.05, 3.63) is 62.8 Å². The van der Waals surface area contributed by atoms with Gasteiger partial charge >= 0.3 is 0 Å². The van der Waals surface area contributed by atoms with Gasteiger partial charge in [-0.3, -0.25) is 4.79 Å². The Kier molecular flexibility index (Phi) is 4.78. The summed E-state index contributed by atoms with van der Waals surface area (Å²) in [6, 6.07) is 9.43. The van der Waals surface area contributed by atoms with E-state index in [1.54, 1.807) is 24.3 Å². The molecule has 2 aromatic carbocycles. The molecule has 0 saturated carbocycles. The fraction of sp³-hybridized carbons (Fsp3) is 0.133. The fourth-order valence-corrected chi connectivity index (χ4v) is 2.67. The number of ether oxygens (including phenoxy) is 1. The summed E-state index contributed by atoms with van der Waals surface area (Å²) in [6.07, 6.45) is 0.0171. The number of halogens is 3. The minimum absolute atomic E-state index is 0.0171. The van der Waals surface area contributed by atoms with Crippen LogP contribution in [0.1, 0.15) is 15.9 Å². The Labute approximate surface area is 129 Å². The van der Waals surface area contributed by atoms with E-state index in [0.29, 0.717) is 20.8 Å². The average molecular weight is 358 g/mol. The van der Waals surface area contributed by atoms with Gasteiger partial charge in [0.05, 0.1) is 12.7 Å². The zero-order chi connectivity index (χ0) is 14.7. The molecular weight excluding hydrogens is 347 g/mol. The summed E-state index contributed by atoms with van der Waals surface area (Å²) < 4.78 is 19.4. The zero-order valence-corrected chi connectivity index (χ0v) is 13.0. The molecule has 0 aromatic heterocycles. The standard InChI is InChI=1S/C15H11BrClFO2/c1-20-14-6-5-10(17)7-9(14)8-13(19)15-11(16)3-2-4-12(15)18/h2-7H,8H2,1H3. The van der Waals surface area contributed by atoms with E-state index in [1.807, 2.05) is 0 Å². The van der Waals surface area contributed by atoms with Crippen LogP contribution < -0.4 is 4.74 Å². The summed E-state index contributed by atoms with van der Waals surface area (Å²) in [4.78, 5) is 12.3. The number of rotatable bonds is 4. The Morgan fingerprint density at radius 3 is 2.75 bits per heavy atom. The van der Waals surface area contributed by atoms with Crippen molar-refractivity contribution in [2.24, 2.45) is 0 Å². The first-order valence-electron chi connectivity index (χ1n) is 5.82. The second-order valence-corrected chi connectivity index (χ2v) is 5.44. The van der Waals surface area contributed by atoms with Gasteiger partial charge in [-0.2, -0.15) is 0 Å². The van der Waals surface area contributed by atoms with Crippen LogP contribution >= 0.6 is 27.5 Å². The van der Waals surface area contributed by atoms with Crippen LogP contribution in [0.15, 0.2) is 40.9 Å². The lowest BCUT2D eigenvalue weighted by atomic mass is 10.0. The van der Waals surface area contributed by atoms with E-state index in [9.17, 15) is 9.18 Å². The normalized spacial score (nSPS) is 10.4. The molecule has 2 rings (SSSR count). The van der Waals surface area contributed by atoms with Gasteiger partial charge in [-0.1, -0.05) is 17.7 Å². The van der Waals surface area contributed by atoms with E-state index >= 15 is 0 Å². The monoisotopic (exact) mass is 356 g/mol. The largest absolute Gasteiger partial charge is 0.496 e. The molecule has 0 aliphatic heterocycles. The second kappa shape index (κ2) is 6.37. The maximum absolute atomic E-state index is 13.8. The Morgan fingerprint density at radius 2 is 2.10 bits per heavy atom. The molecule has 5 heteroatoms. The lowest BCUT2D eigenvalue weighted by molar-refractivity contribution is 0.0987. The van der Waals surface area contributed by atoms with Gasteiger partial charge in [-0.15, -0.1) is 0 Å². The van der Waals surface area contributed by atoms with E-state index < -0.39 is 5.82 Å². The van der Waals surface area contributed by atoms with Gasteiger partial charge in [-0.25, -0.2) is 4.39 Å². The summed E-state index contributed by atoms with van der Waals surface area (Å²) in [6.45, 7) is 0. The molecule has 0 spiro atoms. The summed E-state index contributed by atoms with van der Waals surface area (Å²) in [5, 5.41) is 0.501. The lowest BCUT2D eigenvalue weighted by Gasteiger charge is -2.09. The highest BCUT2D eigenvalue weighted by Gasteiger charge is 2.17.